The number of aliphatic hydroxyl groups excluding tert-OH is 1. The van der Waals surface area contributed by atoms with Crippen molar-refractivity contribution in [3.8, 4) is 17.3 Å². The molecule has 0 radical (unpaired) electrons. The number of benzene rings is 1. The van der Waals surface area contributed by atoms with Gasteiger partial charge in [-0.3, -0.25) is 9.69 Å². The van der Waals surface area contributed by atoms with Gasteiger partial charge in [0, 0.05) is 51.9 Å². The summed E-state index contributed by atoms with van der Waals surface area (Å²) in [7, 11) is 2.00. The average Bonchev–Trinajstić information content (AvgIpc) is 3.45. The lowest BCUT2D eigenvalue weighted by Crippen LogP contribution is -2.50. The Hall–Kier alpha value is -4.05. The lowest BCUT2D eigenvalue weighted by molar-refractivity contribution is -0.131. The molecule has 1 atom stereocenters. The molecule has 0 bridgehead atoms. The van der Waals surface area contributed by atoms with Crippen LogP contribution in [0.2, 0.25) is 0 Å². The molecule has 0 spiro atoms. The SMILES string of the molecule is Cc1ccc(-c2nc(N(C)c3c4cc(N5CCN(CC(=O)N6CC[C@@H](O)C6)CC5)c(C)nc4nn3C3CC3)sc2C#N)cc1. The topological polar surface area (TPSA) is 118 Å². The number of nitrogens with zero attached hydrogens (tertiary/aromatic N) is 9. The first-order valence-corrected chi connectivity index (χ1v) is 16.2. The number of fused-ring (bicyclic) bond motifs is 1. The van der Waals surface area contributed by atoms with E-state index in [1.165, 1.54) is 11.3 Å². The molecular weight excluding hydrogens is 574 g/mol. The number of rotatable bonds is 7. The molecule has 4 aromatic rings. The Balaban J connectivity index is 1.16. The van der Waals surface area contributed by atoms with E-state index in [-0.39, 0.29) is 5.91 Å². The minimum Gasteiger partial charge on any atom is -0.391 e. The van der Waals surface area contributed by atoms with Crippen LogP contribution in [0.5, 0.6) is 0 Å². The molecule has 1 aliphatic carbocycles. The highest BCUT2D eigenvalue weighted by Gasteiger charge is 2.33. The molecule has 3 aliphatic rings. The largest absolute Gasteiger partial charge is 0.391 e. The van der Waals surface area contributed by atoms with Crippen molar-refractivity contribution in [3.05, 3.63) is 46.5 Å². The normalized spacial score (nSPS) is 19.1. The number of piperazine rings is 1. The van der Waals surface area contributed by atoms with Gasteiger partial charge in [0.2, 0.25) is 5.91 Å². The number of β-amino-alcohol motifs (C(OH)–C–C–N with tert-alkyl or cyclic N) is 1. The van der Waals surface area contributed by atoms with Crippen LogP contribution in [-0.2, 0) is 4.79 Å². The Kier molecular flexibility index (Phi) is 7.48. The van der Waals surface area contributed by atoms with Crippen molar-refractivity contribution in [2.45, 2.75) is 45.3 Å². The number of aliphatic hydroxyl groups is 1. The van der Waals surface area contributed by atoms with Crippen LogP contribution in [-0.4, -0.2) is 99.5 Å². The van der Waals surface area contributed by atoms with Crippen molar-refractivity contribution < 1.29 is 9.90 Å². The van der Waals surface area contributed by atoms with Crippen LogP contribution in [0.1, 0.15) is 41.4 Å². The van der Waals surface area contributed by atoms with Gasteiger partial charge in [0.1, 0.15) is 22.5 Å². The summed E-state index contributed by atoms with van der Waals surface area (Å²) in [5.41, 5.74) is 5.53. The predicted octanol–water partition coefficient (Wildman–Crippen LogP) is 3.86. The molecule has 2 aliphatic heterocycles. The second-order valence-electron chi connectivity index (χ2n) is 12.2. The zero-order chi connectivity index (χ0) is 30.5. The van der Waals surface area contributed by atoms with E-state index in [1.807, 2.05) is 45.2 Å². The van der Waals surface area contributed by atoms with E-state index >= 15 is 0 Å². The summed E-state index contributed by atoms with van der Waals surface area (Å²) in [4.78, 5) is 31.7. The van der Waals surface area contributed by atoms with E-state index in [4.69, 9.17) is 15.1 Å². The van der Waals surface area contributed by atoms with Gasteiger partial charge in [-0.25, -0.2) is 14.6 Å². The lowest BCUT2D eigenvalue weighted by Gasteiger charge is -2.36. The molecule has 3 fully saturated rings. The van der Waals surface area contributed by atoms with E-state index < -0.39 is 6.10 Å². The number of aromatic nitrogens is 4. The smallest absolute Gasteiger partial charge is 0.236 e. The third-order valence-electron chi connectivity index (χ3n) is 8.95. The second-order valence-corrected chi connectivity index (χ2v) is 13.2. The van der Waals surface area contributed by atoms with Crippen LogP contribution < -0.4 is 9.80 Å². The summed E-state index contributed by atoms with van der Waals surface area (Å²) in [6, 6.07) is 13.0. The summed E-state index contributed by atoms with van der Waals surface area (Å²) in [6.07, 6.45) is 2.42. The molecule has 0 unspecified atom stereocenters. The van der Waals surface area contributed by atoms with Crippen LogP contribution in [0.15, 0.2) is 30.3 Å². The van der Waals surface area contributed by atoms with Crippen molar-refractivity contribution in [3.63, 3.8) is 0 Å². The molecule has 44 heavy (non-hydrogen) atoms. The first-order chi connectivity index (χ1) is 21.3. The molecule has 1 saturated carbocycles. The number of hydrogen-bond donors (Lipinski definition) is 1. The zero-order valence-corrected chi connectivity index (χ0v) is 26.2. The first-order valence-electron chi connectivity index (χ1n) is 15.3. The van der Waals surface area contributed by atoms with E-state index in [0.29, 0.717) is 48.3 Å². The number of carbonyl (C=O) groups excluding carboxylic acids is 1. The maximum atomic E-state index is 12.7. The number of aryl methyl sites for hydroxylation is 2. The van der Waals surface area contributed by atoms with Gasteiger partial charge in [0.05, 0.1) is 35.5 Å². The van der Waals surface area contributed by atoms with Gasteiger partial charge in [-0.05, 0) is 39.2 Å². The quantitative estimate of drug-likeness (QED) is 0.332. The zero-order valence-electron chi connectivity index (χ0n) is 25.4. The van der Waals surface area contributed by atoms with Crippen LogP contribution >= 0.6 is 11.3 Å². The molecule has 11 nitrogen and oxygen atoms in total. The molecular formula is C32H37N9O2S. The Bertz CT molecular complexity index is 1750. The van der Waals surface area contributed by atoms with Crippen LogP contribution in [0, 0.1) is 25.2 Å². The van der Waals surface area contributed by atoms with Crippen molar-refractivity contribution in [2.75, 3.05) is 62.7 Å². The average molecular weight is 612 g/mol. The summed E-state index contributed by atoms with van der Waals surface area (Å²) < 4.78 is 2.10. The fourth-order valence-corrected chi connectivity index (χ4v) is 7.10. The van der Waals surface area contributed by atoms with Crippen molar-refractivity contribution in [2.24, 2.45) is 0 Å². The van der Waals surface area contributed by atoms with Crippen molar-refractivity contribution in [1.29, 1.82) is 5.26 Å². The molecule has 1 aromatic carbocycles. The van der Waals surface area contributed by atoms with Crippen LogP contribution in [0.25, 0.3) is 22.3 Å². The minimum atomic E-state index is -0.395. The standard InChI is InChI=1S/C32H37N9O2S/c1-20-4-6-22(7-5-20)29-27(17-33)44-32(35-29)37(3)31-25-16-26(21(2)34-30(25)36-41(31)23-8-9-23)39-14-12-38(13-15-39)19-28(43)40-11-10-24(42)18-40/h4-7,16,23-24,42H,8-15,18-19H2,1-3H3/t24-/m1/s1. The number of amides is 1. The number of hydrogen-bond acceptors (Lipinski definition) is 10. The molecule has 228 valence electrons. The maximum absolute atomic E-state index is 12.7. The molecule has 3 aromatic heterocycles. The molecule has 2 saturated heterocycles. The number of anilines is 3. The van der Waals surface area contributed by atoms with Gasteiger partial charge in [0.15, 0.2) is 10.8 Å². The van der Waals surface area contributed by atoms with Gasteiger partial charge in [-0.1, -0.05) is 41.2 Å². The Morgan fingerprint density at radius 3 is 2.50 bits per heavy atom. The number of likely N-dealkylation sites (tertiary alicyclic amines) is 1. The van der Waals surface area contributed by atoms with Gasteiger partial charge in [0.25, 0.3) is 0 Å². The number of thiazole rings is 1. The van der Waals surface area contributed by atoms with Crippen LogP contribution in [0.3, 0.4) is 0 Å². The summed E-state index contributed by atoms with van der Waals surface area (Å²) in [5.74, 6) is 1.05. The van der Waals surface area contributed by atoms with E-state index in [0.717, 1.165) is 77.9 Å². The summed E-state index contributed by atoms with van der Waals surface area (Å²) in [5, 5.41) is 26.4. The highest BCUT2D eigenvalue weighted by molar-refractivity contribution is 7.16. The molecule has 5 heterocycles. The van der Waals surface area contributed by atoms with E-state index in [2.05, 4.69) is 31.5 Å². The second kappa shape index (κ2) is 11.5. The van der Waals surface area contributed by atoms with Gasteiger partial charge in [-0.2, -0.15) is 10.4 Å². The lowest BCUT2D eigenvalue weighted by atomic mass is 10.1. The third-order valence-corrected chi connectivity index (χ3v) is 9.99. The third kappa shape index (κ3) is 5.40. The van der Waals surface area contributed by atoms with Gasteiger partial charge in [-0.15, -0.1) is 0 Å². The number of carbonyl (C=O) groups is 1. The number of pyridine rings is 1. The number of nitriles is 1. The molecule has 12 heteroatoms. The summed E-state index contributed by atoms with van der Waals surface area (Å²) >= 11 is 1.40. The maximum Gasteiger partial charge on any atom is 0.236 e. The predicted molar refractivity (Wildman–Crippen MR) is 171 cm³/mol. The first kappa shape index (κ1) is 28.7. The van der Waals surface area contributed by atoms with E-state index in [1.54, 1.807) is 4.90 Å². The highest BCUT2D eigenvalue weighted by Crippen LogP contribution is 2.44. The highest BCUT2D eigenvalue weighted by atomic mass is 32.1. The van der Waals surface area contributed by atoms with Crippen LogP contribution in [0.4, 0.5) is 16.6 Å². The Labute approximate surface area is 260 Å². The van der Waals surface area contributed by atoms with Gasteiger partial charge < -0.3 is 19.8 Å². The molecule has 7 rings (SSSR count). The Morgan fingerprint density at radius 1 is 1.09 bits per heavy atom. The Morgan fingerprint density at radius 2 is 1.84 bits per heavy atom. The van der Waals surface area contributed by atoms with E-state index in [9.17, 15) is 15.2 Å². The van der Waals surface area contributed by atoms with Crippen molar-refractivity contribution >= 4 is 44.9 Å². The molecule has 1 N–H and O–H groups in total. The fraction of sp³-hybridized carbons (Fsp3) is 0.469. The minimum absolute atomic E-state index is 0.0988. The van der Waals surface area contributed by atoms with Crippen molar-refractivity contribution in [1.82, 2.24) is 29.5 Å². The summed E-state index contributed by atoms with van der Waals surface area (Å²) in [6.45, 7) is 8.72. The van der Waals surface area contributed by atoms with Gasteiger partial charge >= 0.3 is 0 Å². The fourth-order valence-electron chi connectivity index (χ4n) is 6.26. The monoisotopic (exact) mass is 611 g/mol. The molecule has 1 amide bonds.